The van der Waals surface area contributed by atoms with Crippen molar-refractivity contribution in [2.75, 3.05) is 12.4 Å². The molecule has 0 radical (unpaired) electrons. The van der Waals surface area contributed by atoms with Gasteiger partial charge in [0.05, 0.1) is 12.7 Å². The minimum Gasteiger partial charge on any atom is -0.465 e. The third-order valence-electron chi connectivity index (χ3n) is 2.76. The first-order valence-electron chi connectivity index (χ1n) is 6.62. The Morgan fingerprint density at radius 1 is 1.27 bits per heavy atom. The zero-order valence-corrected chi connectivity index (χ0v) is 13.0. The Hall–Kier alpha value is -2.54. The first-order chi connectivity index (χ1) is 10.6. The molecule has 1 amide bonds. The van der Waals surface area contributed by atoms with Gasteiger partial charge in [0.25, 0.3) is 0 Å². The molecule has 0 aliphatic rings. The molecular formula is C15H15N3O3S. The number of amides is 1. The van der Waals surface area contributed by atoms with Gasteiger partial charge in [-0.05, 0) is 30.2 Å². The number of hydrogen-bond donors (Lipinski definition) is 1. The van der Waals surface area contributed by atoms with Crippen LogP contribution in [0.1, 0.15) is 27.9 Å². The highest BCUT2D eigenvalue weighted by Gasteiger charge is 2.05. The summed E-state index contributed by atoms with van der Waals surface area (Å²) in [5, 5.41) is 11.8. The van der Waals surface area contributed by atoms with Crippen molar-refractivity contribution in [1.29, 1.82) is 0 Å². The molecule has 1 aromatic heterocycles. The molecule has 0 atom stereocenters. The molecular weight excluding hydrogens is 302 g/mol. The van der Waals surface area contributed by atoms with Crippen LogP contribution in [0.4, 0.5) is 5.13 Å². The van der Waals surface area contributed by atoms with Gasteiger partial charge in [0, 0.05) is 6.08 Å². The lowest BCUT2D eigenvalue weighted by molar-refractivity contribution is -0.111. The quantitative estimate of drug-likeness (QED) is 0.677. The number of anilines is 1. The van der Waals surface area contributed by atoms with Gasteiger partial charge in [-0.2, -0.15) is 0 Å². The Balaban J connectivity index is 1.95. The Labute approximate surface area is 131 Å². The molecule has 0 saturated heterocycles. The zero-order chi connectivity index (χ0) is 15.9. The Morgan fingerprint density at radius 3 is 2.59 bits per heavy atom. The molecule has 0 bridgehead atoms. The lowest BCUT2D eigenvalue weighted by atomic mass is 10.1. The van der Waals surface area contributed by atoms with Gasteiger partial charge < -0.3 is 4.74 Å². The van der Waals surface area contributed by atoms with E-state index in [1.165, 1.54) is 24.5 Å². The van der Waals surface area contributed by atoms with Crippen LogP contribution in [0, 0.1) is 0 Å². The molecule has 0 aliphatic carbocycles. The van der Waals surface area contributed by atoms with Crippen molar-refractivity contribution in [3.05, 3.63) is 46.5 Å². The van der Waals surface area contributed by atoms with Crippen molar-refractivity contribution in [3.8, 4) is 0 Å². The van der Waals surface area contributed by atoms with E-state index < -0.39 is 5.97 Å². The summed E-state index contributed by atoms with van der Waals surface area (Å²) in [6, 6.07) is 6.75. The van der Waals surface area contributed by atoms with Crippen molar-refractivity contribution < 1.29 is 14.3 Å². The predicted octanol–water partition coefficient (Wildman–Crippen LogP) is 2.54. The lowest BCUT2D eigenvalue weighted by Gasteiger charge is -1.99. The maximum absolute atomic E-state index is 11.8. The average molecular weight is 317 g/mol. The van der Waals surface area contributed by atoms with Crippen LogP contribution in [0.5, 0.6) is 0 Å². The smallest absolute Gasteiger partial charge is 0.337 e. The van der Waals surface area contributed by atoms with Crippen LogP contribution >= 0.6 is 11.3 Å². The second-order valence-corrected chi connectivity index (χ2v) is 5.35. The minimum absolute atomic E-state index is 0.282. The van der Waals surface area contributed by atoms with Crippen molar-refractivity contribution in [2.45, 2.75) is 13.3 Å². The van der Waals surface area contributed by atoms with Crippen LogP contribution < -0.4 is 5.32 Å². The Kier molecular flexibility index (Phi) is 5.37. The number of hydrogen-bond acceptors (Lipinski definition) is 6. The number of nitrogens with one attached hydrogen (secondary N) is 1. The molecule has 6 nitrogen and oxygen atoms in total. The van der Waals surface area contributed by atoms with Crippen LogP contribution in [0.15, 0.2) is 30.3 Å². The number of aryl methyl sites for hydroxylation is 1. The average Bonchev–Trinajstić information content (AvgIpc) is 3.00. The highest BCUT2D eigenvalue weighted by atomic mass is 32.1. The van der Waals surface area contributed by atoms with Crippen molar-refractivity contribution in [2.24, 2.45) is 0 Å². The van der Waals surface area contributed by atoms with E-state index in [0.29, 0.717) is 10.7 Å². The number of methoxy groups -OCH3 is 1. The maximum atomic E-state index is 11.8. The fraction of sp³-hybridized carbons (Fsp3) is 0.200. The third-order valence-corrected chi connectivity index (χ3v) is 3.74. The summed E-state index contributed by atoms with van der Waals surface area (Å²) in [7, 11) is 1.33. The number of carbonyl (C=O) groups is 2. The summed E-state index contributed by atoms with van der Waals surface area (Å²) in [5.74, 6) is -0.674. The molecule has 1 heterocycles. The van der Waals surface area contributed by atoms with Crippen LogP contribution in [0.3, 0.4) is 0 Å². The number of ether oxygens (including phenoxy) is 1. The second-order valence-electron chi connectivity index (χ2n) is 4.29. The van der Waals surface area contributed by atoms with E-state index >= 15 is 0 Å². The summed E-state index contributed by atoms with van der Waals surface area (Å²) in [5.41, 5.74) is 1.26. The van der Waals surface area contributed by atoms with E-state index in [4.69, 9.17) is 0 Å². The van der Waals surface area contributed by atoms with E-state index in [-0.39, 0.29) is 5.91 Å². The summed E-state index contributed by atoms with van der Waals surface area (Å²) in [6.07, 6.45) is 3.84. The van der Waals surface area contributed by atoms with E-state index in [1.807, 2.05) is 6.92 Å². The van der Waals surface area contributed by atoms with Crippen LogP contribution in [-0.2, 0) is 16.0 Å². The van der Waals surface area contributed by atoms with Crippen LogP contribution in [0.25, 0.3) is 6.08 Å². The Bertz CT molecular complexity index is 692. The molecule has 2 aromatic rings. The van der Waals surface area contributed by atoms with Crippen LogP contribution in [-0.4, -0.2) is 29.2 Å². The monoisotopic (exact) mass is 317 g/mol. The first kappa shape index (κ1) is 15.8. The second kappa shape index (κ2) is 7.46. The normalized spacial score (nSPS) is 10.6. The lowest BCUT2D eigenvalue weighted by Crippen LogP contribution is -2.07. The number of carbonyl (C=O) groups excluding carboxylic acids is 2. The van der Waals surface area contributed by atoms with E-state index in [1.54, 1.807) is 30.3 Å². The van der Waals surface area contributed by atoms with Gasteiger partial charge in [0.2, 0.25) is 11.0 Å². The summed E-state index contributed by atoms with van der Waals surface area (Å²) < 4.78 is 4.62. The van der Waals surface area contributed by atoms with Gasteiger partial charge in [0.15, 0.2) is 0 Å². The highest BCUT2D eigenvalue weighted by Crippen LogP contribution is 2.15. The summed E-state index contributed by atoms with van der Waals surface area (Å²) >= 11 is 1.35. The molecule has 22 heavy (non-hydrogen) atoms. The summed E-state index contributed by atoms with van der Waals surface area (Å²) in [6.45, 7) is 1.98. The largest absolute Gasteiger partial charge is 0.465 e. The number of rotatable bonds is 5. The first-order valence-corrected chi connectivity index (χ1v) is 7.44. The SMILES string of the molecule is CCc1nnc(NC(=O)C=Cc2ccc(C(=O)OC)cc2)s1. The molecule has 0 spiro atoms. The molecule has 0 unspecified atom stereocenters. The van der Waals surface area contributed by atoms with E-state index in [2.05, 4.69) is 20.3 Å². The van der Waals surface area contributed by atoms with E-state index in [9.17, 15) is 9.59 Å². The molecule has 1 N–H and O–H groups in total. The van der Waals surface area contributed by atoms with Crippen LogP contribution in [0.2, 0.25) is 0 Å². The molecule has 1 aromatic carbocycles. The van der Waals surface area contributed by atoms with Crippen molar-refractivity contribution in [1.82, 2.24) is 10.2 Å². The van der Waals surface area contributed by atoms with Gasteiger partial charge >= 0.3 is 5.97 Å². The maximum Gasteiger partial charge on any atom is 0.337 e. The van der Waals surface area contributed by atoms with Gasteiger partial charge in [0.1, 0.15) is 5.01 Å². The van der Waals surface area contributed by atoms with Crippen molar-refractivity contribution in [3.63, 3.8) is 0 Å². The number of nitrogens with zero attached hydrogens (tertiary/aromatic N) is 2. The Morgan fingerprint density at radius 2 is 2.00 bits per heavy atom. The van der Waals surface area contributed by atoms with Gasteiger partial charge in [-0.15, -0.1) is 10.2 Å². The van der Waals surface area contributed by atoms with Gasteiger partial charge in [-0.3, -0.25) is 10.1 Å². The minimum atomic E-state index is -0.392. The van der Waals surface area contributed by atoms with E-state index in [0.717, 1.165) is 17.0 Å². The van der Waals surface area contributed by atoms with Gasteiger partial charge in [-0.1, -0.05) is 30.4 Å². The zero-order valence-electron chi connectivity index (χ0n) is 12.2. The molecule has 0 aliphatic heterocycles. The fourth-order valence-corrected chi connectivity index (χ4v) is 2.30. The number of benzene rings is 1. The highest BCUT2D eigenvalue weighted by molar-refractivity contribution is 7.15. The van der Waals surface area contributed by atoms with Gasteiger partial charge in [-0.25, -0.2) is 4.79 Å². The topological polar surface area (TPSA) is 81.2 Å². The standard InChI is InChI=1S/C15H15N3O3S/c1-3-13-17-18-15(22-13)16-12(19)9-6-10-4-7-11(8-5-10)14(20)21-2/h4-9H,3H2,1-2H3,(H,16,18,19). The predicted molar refractivity (Wildman–Crippen MR) is 84.7 cm³/mol. The molecule has 0 saturated carbocycles. The molecule has 0 fully saturated rings. The molecule has 2 rings (SSSR count). The molecule has 7 heteroatoms. The summed E-state index contributed by atoms with van der Waals surface area (Å²) in [4.78, 5) is 23.1. The molecule has 114 valence electrons. The number of esters is 1. The fourth-order valence-electron chi connectivity index (χ4n) is 1.61. The van der Waals surface area contributed by atoms with Crippen molar-refractivity contribution >= 4 is 34.4 Å². The number of aromatic nitrogens is 2. The third kappa shape index (κ3) is 4.23.